The molecule has 0 fully saturated rings. The first-order chi connectivity index (χ1) is 14.4. The first-order valence-corrected chi connectivity index (χ1v) is 10.1. The van der Waals surface area contributed by atoms with Crippen molar-refractivity contribution in [3.63, 3.8) is 0 Å². The Morgan fingerprint density at radius 2 is 1.67 bits per heavy atom. The van der Waals surface area contributed by atoms with E-state index in [-0.39, 0.29) is 11.9 Å². The lowest BCUT2D eigenvalue weighted by atomic mass is 10.00. The van der Waals surface area contributed by atoms with E-state index in [0.717, 1.165) is 33.3 Å². The van der Waals surface area contributed by atoms with Gasteiger partial charge in [0.15, 0.2) is 0 Å². The van der Waals surface area contributed by atoms with Crippen LogP contribution in [0.25, 0.3) is 22.2 Å². The summed E-state index contributed by atoms with van der Waals surface area (Å²) in [5.41, 5.74) is 7.78. The van der Waals surface area contributed by atoms with Gasteiger partial charge in [0.25, 0.3) is 5.91 Å². The number of nitrogens with one attached hydrogen (secondary N) is 1. The molecule has 2 heterocycles. The number of pyridine rings is 2. The van der Waals surface area contributed by atoms with E-state index in [4.69, 9.17) is 4.98 Å². The Balaban J connectivity index is 1.75. The molecule has 0 aliphatic carbocycles. The summed E-state index contributed by atoms with van der Waals surface area (Å²) in [7, 11) is 0. The minimum atomic E-state index is -0.103. The van der Waals surface area contributed by atoms with Gasteiger partial charge in [-0.25, -0.2) is 4.98 Å². The maximum absolute atomic E-state index is 13.3. The van der Waals surface area contributed by atoms with Crippen molar-refractivity contribution in [3.05, 3.63) is 94.8 Å². The van der Waals surface area contributed by atoms with Crippen molar-refractivity contribution in [2.75, 3.05) is 0 Å². The maximum atomic E-state index is 13.3. The zero-order chi connectivity index (χ0) is 21.3. The molecule has 0 saturated heterocycles. The molecule has 4 nitrogen and oxygen atoms in total. The number of aromatic nitrogens is 2. The van der Waals surface area contributed by atoms with Crippen molar-refractivity contribution in [3.8, 4) is 11.3 Å². The molecule has 4 heteroatoms. The fourth-order valence-corrected chi connectivity index (χ4v) is 3.59. The highest BCUT2D eigenvalue weighted by atomic mass is 16.1. The molecule has 1 amide bonds. The minimum Gasteiger partial charge on any atom is -0.345 e. The van der Waals surface area contributed by atoms with Crippen molar-refractivity contribution >= 4 is 16.8 Å². The van der Waals surface area contributed by atoms with Crippen LogP contribution < -0.4 is 5.32 Å². The summed E-state index contributed by atoms with van der Waals surface area (Å²) in [6.45, 7) is 8.22. The smallest absolute Gasteiger partial charge is 0.252 e. The standard InChI is InChI=1S/C26H25N3O/c1-16-5-8-24-22(13-16)23(15-25(29-24)20-9-11-27-12-10-20)26(30)28-19(4)21-7-6-17(2)18(3)14-21/h5-15,19H,1-4H3,(H,28,30). The van der Waals surface area contributed by atoms with Crippen LogP contribution in [-0.4, -0.2) is 15.9 Å². The third-order valence-corrected chi connectivity index (χ3v) is 5.56. The summed E-state index contributed by atoms with van der Waals surface area (Å²) in [6.07, 6.45) is 3.47. The van der Waals surface area contributed by atoms with E-state index >= 15 is 0 Å². The van der Waals surface area contributed by atoms with E-state index in [1.807, 2.05) is 50.2 Å². The van der Waals surface area contributed by atoms with Gasteiger partial charge >= 0.3 is 0 Å². The number of fused-ring (bicyclic) bond motifs is 1. The van der Waals surface area contributed by atoms with E-state index < -0.39 is 0 Å². The Hall–Kier alpha value is -3.53. The normalized spacial score (nSPS) is 12.0. The first kappa shape index (κ1) is 19.8. The molecule has 2 aromatic carbocycles. The molecular formula is C26H25N3O. The van der Waals surface area contributed by atoms with Gasteiger partial charge in [-0.15, -0.1) is 0 Å². The molecule has 0 radical (unpaired) electrons. The number of amides is 1. The van der Waals surface area contributed by atoms with Crippen LogP contribution in [0.4, 0.5) is 0 Å². The Morgan fingerprint density at radius 3 is 2.40 bits per heavy atom. The van der Waals surface area contributed by atoms with Gasteiger partial charge in [0.05, 0.1) is 22.8 Å². The fraction of sp³-hybridized carbons (Fsp3) is 0.192. The van der Waals surface area contributed by atoms with Crippen LogP contribution >= 0.6 is 0 Å². The van der Waals surface area contributed by atoms with Crippen LogP contribution in [0.5, 0.6) is 0 Å². The molecule has 1 N–H and O–H groups in total. The monoisotopic (exact) mass is 395 g/mol. The number of rotatable bonds is 4. The molecule has 150 valence electrons. The van der Waals surface area contributed by atoms with Crippen molar-refractivity contribution < 1.29 is 4.79 Å². The van der Waals surface area contributed by atoms with Gasteiger partial charge < -0.3 is 5.32 Å². The SMILES string of the molecule is Cc1ccc2nc(-c3ccncc3)cc(C(=O)NC(C)c3ccc(C)c(C)c3)c2c1. The minimum absolute atomic E-state index is 0.103. The first-order valence-electron chi connectivity index (χ1n) is 10.1. The van der Waals surface area contributed by atoms with Crippen LogP contribution in [-0.2, 0) is 0 Å². The van der Waals surface area contributed by atoms with Gasteiger partial charge in [0.2, 0.25) is 0 Å². The van der Waals surface area contributed by atoms with Crippen LogP contribution in [0, 0.1) is 20.8 Å². The van der Waals surface area contributed by atoms with Crippen molar-refractivity contribution in [1.29, 1.82) is 0 Å². The number of hydrogen-bond donors (Lipinski definition) is 1. The number of hydrogen-bond acceptors (Lipinski definition) is 3. The number of carbonyl (C=O) groups excluding carboxylic acids is 1. The molecule has 4 rings (SSSR count). The van der Waals surface area contributed by atoms with E-state index in [2.05, 4.69) is 42.3 Å². The quantitative estimate of drug-likeness (QED) is 0.481. The molecule has 2 aromatic heterocycles. The molecular weight excluding hydrogens is 370 g/mol. The number of carbonyl (C=O) groups is 1. The van der Waals surface area contributed by atoms with Gasteiger partial charge in [0.1, 0.15) is 0 Å². The highest BCUT2D eigenvalue weighted by Gasteiger charge is 2.17. The summed E-state index contributed by atoms with van der Waals surface area (Å²) in [4.78, 5) is 22.2. The predicted molar refractivity (Wildman–Crippen MR) is 122 cm³/mol. The van der Waals surface area contributed by atoms with Gasteiger partial charge in [-0.2, -0.15) is 0 Å². The van der Waals surface area contributed by atoms with E-state index in [0.29, 0.717) is 5.56 Å². The van der Waals surface area contributed by atoms with Crippen LogP contribution in [0.3, 0.4) is 0 Å². The largest absolute Gasteiger partial charge is 0.345 e. The molecule has 0 saturated carbocycles. The second-order valence-corrected chi connectivity index (χ2v) is 7.85. The zero-order valence-electron chi connectivity index (χ0n) is 17.7. The predicted octanol–water partition coefficient (Wildman–Crippen LogP) is 5.71. The number of benzene rings is 2. The van der Waals surface area contributed by atoms with Crippen LogP contribution in [0.2, 0.25) is 0 Å². The van der Waals surface area contributed by atoms with Crippen LogP contribution in [0.1, 0.15) is 45.6 Å². The lowest BCUT2D eigenvalue weighted by molar-refractivity contribution is 0.0941. The Kier molecular flexibility index (Phi) is 5.32. The summed E-state index contributed by atoms with van der Waals surface area (Å²) in [5, 5.41) is 4.03. The lowest BCUT2D eigenvalue weighted by Crippen LogP contribution is -2.27. The van der Waals surface area contributed by atoms with Gasteiger partial charge in [-0.3, -0.25) is 9.78 Å². The van der Waals surface area contributed by atoms with Crippen molar-refractivity contribution in [2.45, 2.75) is 33.7 Å². The third kappa shape index (κ3) is 3.94. The maximum Gasteiger partial charge on any atom is 0.252 e. The fourth-order valence-electron chi connectivity index (χ4n) is 3.59. The molecule has 1 unspecified atom stereocenters. The number of aryl methyl sites for hydroxylation is 3. The molecule has 0 aliphatic heterocycles. The molecule has 4 aromatic rings. The van der Waals surface area contributed by atoms with E-state index in [9.17, 15) is 4.79 Å². The van der Waals surface area contributed by atoms with E-state index in [1.165, 1.54) is 11.1 Å². The second kappa shape index (κ2) is 8.07. The molecule has 1 atom stereocenters. The lowest BCUT2D eigenvalue weighted by Gasteiger charge is -2.17. The van der Waals surface area contributed by atoms with Crippen molar-refractivity contribution in [2.24, 2.45) is 0 Å². The highest BCUT2D eigenvalue weighted by molar-refractivity contribution is 6.07. The molecule has 30 heavy (non-hydrogen) atoms. The van der Waals surface area contributed by atoms with Crippen molar-refractivity contribution in [1.82, 2.24) is 15.3 Å². The Bertz CT molecular complexity index is 1230. The summed E-state index contributed by atoms with van der Waals surface area (Å²) >= 11 is 0. The number of nitrogens with zero attached hydrogens (tertiary/aromatic N) is 2. The van der Waals surface area contributed by atoms with E-state index in [1.54, 1.807) is 12.4 Å². The Labute approximate surface area is 177 Å². The average Bonchev–Trinajstić information content (AvgIpc) is 2.75. The topological polar surface area (TPSA) is 54.9 Å². The Morgan fingerprint density at radius 1 is 0.900 bits per heavy atom. The average molecular weight is 396 g/mol. The van der Waals surface area contributed by atoms with Gasteiger partial charge in [0, 0.05) is 23.3 Å². The van der Waals surface area contributed by atoms with Gasteiger partial charge in [-0.05, 0) is 74.7 Å². The molecule has 0 bridgehead atoms. The zero-order valence-corrected chi connectivity index (χ0v) is 17.7. The summed E-state index contributed by atoms with van der Waals surface area (Å²) in [5.74, 6) is -0.103. The highest BCUT2D eigenvalue weighted by Crippen LogP contribution is 2.26. The second-order valence-electron chi connectivity index (χ2n) is 7.85. The summed E-state index contributed by atoms with van der Waals surface area (Å²) < 4.78 is 0. The van der Waals surface area contributed by atoms with Gasteiger partial charge in [-0.1, -0.05) is 29.8 Å². The third-order valence-electron chi connectivity index (χ3n) is 5.56. The summed E-state index contributed by atoms with van der Waals surface area (Å²) in [6, 6.07) is 17.9. The molecule has 0 aliphatic rings. The molecule has 0 spiro atoms. The van der Waals surface area contributed by atoms with Crippen LogP contribution in [0.15, 0.2) is 67.0 Å².